The summed E-state index contributed by atoms with van der Waals surface area (Å²) in [5, 5.41) is 12.9. The molecule has 2 aromatic rings. The molecule has 0 radical (unpaired) electrons. The van der Waals surface area contributed by atoms with Crippen LogP contribution in [0, 0.1) is 0 Å². The summed E-state index contributed by atoms with van der Waals surface area (Å²) < 4.78 is 0. The average molecular weight is 174 g/mol. The summed E-state index contributed by atoms with van der Waals surface area (Å²) in [6, 6.07) is 11.8. The zero-order chi connectivity index (χ0) is 8.55. The second kappa shape index (κ2) is 2.64. The molecule has 0 aliphatic heterocycles. The molecule has 0 bridgehead atoms. The Morgan fingerprint density at radius 1 is 0.917 bits per heavy atom. The van der Waals surface area contributed by atoms with Crippen molar-refractivity contribution in [1.82, 2.24) is 0 Å². The van der Waals surface area contributed by atoms with Gasteiger partial charge in [-0.05, 0) is 22.9 Å². The molecule has 1 N–H and O–H groups in total. The minimum atomic E-state index is 0.342. The van der Waals surface area contributed by atoms with Crippen molar-refractivity contribution < 1.29 is 5.11 Å². The fourth-order valence-corrected chi connectivity index (χ4v) is 1.83. The quantitative estimate of drug-likeness (QED) is 0.578. The molecule has 2 heteroatoms. The zero-order valence-corrected chi connectivity index (χ0v) is 8.91. The van der Waals surface area contributed by atoms with E-state index in [1.807, 2.05) is 6.07 Å². The molecule has 0 aliphatic rings. The van der Waals surface area contributed by atoms with E-state index in [-0.39, 0.29) is 0 Å². The van der Waals surface area contributed by atoms with Crippen LogP contribution >= 0.6 is 0 Å². The Kier molecular flexibility index (Phi) is 1.62. The van der Waals surface area contributed by atoms with E-state index in [2.05, 4.69) is 18.2 Å². The van der Waals surface area contributed by atoms with Gasteiger partial charge in [0.25, 0.3) is 0 Å². The van der Waals surface area contributed by atoms with Crippen LogP contribution in [0.25, 0.3) is 10.8 Å². The molecular formula is C10H10OSi. The van der Waals surface area contributed by atoms with Gasteiger partial charge >= 0.3 is 0 Å². The summed E-state index contributed by atoms with van der Waals surface area (Å²) in [5.41, 5.74) is 0. The van der Waals surface area contributed by atoms with E-state index < -0.39 is 0 Å². The molecule has 1 nitrogen and oxygen atoms in total. The van der Waals surface area contributed by atoms with Gasteiger partial charge in [-0.2, -0.15) is 0 Å². The highest BCUT2D eigenvalue weighted by Crippen LogP contribution is 2.17. The largest absolute Gasteiger partial charge is 0.508 e. The van der Waals surface area contributed by atoms with Crippen LogP contribution in [0.1, 0.15) is 0 Å². The lowest BCUT2D eigenvalue weighted by atomic mass is 10.1. The van der Waals surface area contributed by atoms with Gasteiger partial charge in [0, 0.05) is 10.2 Å². The third-order valence-corrected chi connectivity index (χ3v) is 2.60. The molecule has 0 aliphatic carbocycles. The molecule has 0 aromatic heterocycles. The first-order chi connectivity index (χ1) is 5.75. The summed E-state index contributed by atoms with van der Waals surface area (Å²) in [6.45, 7) is 0. The van der Waals surface area contributed by atoms with Crippen molar-refractivity contribution >= 4 is 26.2 Å². The van der Waals surface area contributed by atoms with E-state index in [0.29, 0.717) is 5.75 Å². The molecule has 2 aromatic carbocycles. The number of hydrogen-bond acceptors (Lipinski definition) is 1. The Hall–Kier alpha value is -1.28. The third kappa shape index (κ3) is 1.21. The summed E-state index contributed by atoms with van der Waals surface area (Å²) in [6.07, 6.45) is 0. The van der Waals surface area contributed by atoms with E-state index in [1.165, 1.54) is 10.6 Å². The molecule has 0 unspecified atom stereocenters. The highest BCUT2D eigenvalue weighted by Gasteiger charge is 1.93. The van der Waals surface area contributed by atoms with Crippen molar-refractivity contribution in [2.75, 3.05) is 0 Å². The predicted octanol–water partition coefficient (Wildman–Crippen LogP) is 0.536. The molecule has 12 heavy (non-hydrogen) atoms. The molecule has 0 atom stereocenters. The number of hydrogen-bond donors (Lipinski definition) is 1. The van der Waals surface area contributed by atoms with Crippen molar-refractivity contribution in [3.05, 3.63) is 36.4 Å². The molecule has 0 saturated heterocycles. The minimum absolute atomic E-state index is 0.342. The smallest absolute Gasteiger partial charge is 0.116 e. The minimum Gasteiger partial charge on any atom is -0.508 e. The normalized spacial score (nSPS) is 10.7. The molecule has 0 heterocycles. The predicted molar refractivity (Wildman–Crippen MR) is 55.2 cm³/mol. The van der Waals surface area contributed by atoms with Gasteiger partial charge in [0.1, 0.15) is 5.75 Å². The Balaban J connectivity index is 2.80. The average Bonchev–Trinajstić information content (AvgIpc) is 2.03. The van der Waals surface area contributed by atoms with Crippen LogP contribution in [0.5, 0.6) is 5.75 Å². The van der Waals surface area contributed by atoms with Crippen LogP contribution in [0.4, 0.5) is 0 Å². The van der Waals surface area contributed by atoms with Gasteiger partial charge in [-0.3, -0.25) is 0 Å². The monoisotopic (exact) mass is 174 g/mol. The van der Waals surface area contributed by atoms with Gasteiger partial charge in [-0.15, -0.1) is 0 Å². The lowest BCUT2D eigenvalue weighted by Crippen LogP contribution is -1.99. The Morgan fingerprint density at radius 3 is 2.50 bits per heavy atom. The number of phenolic OH excluding ortho intramolecular Hbond substituents is 1. The van der Waals surface area contributed by atoms with Crippen LogP contribution in [0.2, 0.25) is 0 Å². The van der Waals surface area contributed by atoms with Gasteiger partial charge in [-0.1, -0.05) is 29.5 Å². The maximum absolute atomic E-state index is 9.23. The highest BCUT2D eigenvalue weighted by molar-refractivity contribution is 6.33. The first-order valence-electron chi connectivity index (χ1n) is 3.95. The Morgan fingerprint density at radius 2 is 1.67 bits per heavy atom. The highest BCUT2D eigenvalue weighted by atomic mass is 28.1. The van der Waals surface area contributed by atoms with Gasteiger partial charge in [0.2, 0.25) is 0 Å². The maximum Gasteiger partial charge on any atom is 0.116 e. The van der Waals surface area contributed by atoms with Crippen LogP contribution in [0.15, 0.2) is 36.4 Å². The van der Waals surface area contributed by atoms with E-state index in [4.69, 9.17) is 0 Å². The molecule has 0 fully saturated rings. The summed E-state index contributed by atoms with van der Waals surface area (Å²) >= 11 is 0. The van der Waals surface area contributed by atoms with Crippen molar-refractivity contribution in [1.29, 1.82) is 0 Å². The lowest BCUT2D eigenvalue weighted by Gasteiger charge is -1.99. The fourth-order valence-electron chi connectivity index (χ4n) is 1.35. The number of phenols is 1. The van der Waals surface area contributed by atoms with Crippen molar-refractivity contribution in [2.24, 2.45) is 0 Å². The first kappa shape index (κ1) is 7.37. The zero-order valence-electron chi connectivity index (χ0n) is 6.91. The summed E-state index contributed by atoms with van der Waals surface area (Å²) in [5.74, 6) is 0.342. The lowest BCUT2D eigenvalue weighted by molar-refractivity contribution is 0.476. The van der Waals surface area contributed by atoms with Gasteiger partial charge in [0.05, 0.1) is 0 Å². The Labute approximate surface area is 74.1 Å². The van der Waals surface area contributed by atoms with Crippen LogP contribution in [-0.2, 0) is 0 Å². The third-order valence-electron chi connectivity index (χ3n) is 1.98. The number of fused-ring (bicyclic) bond motifs is 1. The first-order valence-corrected chi connectivity index (χ1v) is 4.95. The van der Waals surface area contributed by atoms with E-state index in [0.717, 1.165) is 15.6 Å². The van der Waals surface area contributed by atoms with Gasteiger partial charge in [-0.25, -0.2) is 0 Å². The second-order valence-corrected chi connectivity index (χ2v) is 4.19. The molecule has 60 valence electrons. The standard InChI is InChI=1S/C10H10OSi/c11-9-3-1-7-2-4-10(12)6-8(7)5-9/h1-6,11H,12H3. The maximum atomic E-state index is 9.23. The fraction of sp³-hybridized carbons (Fsp3) is 0. The van der Waals surface area contributed by atoms with E-state index >= 15 is 0 Å². The number of benzene rings is 2. The van der Waals surface area contributed by atoms with Crippen molar-refractivity contribution in [2.45, 2.75) is 0 Å². The summed E-state index contributed by atoms with van der Waals surface area (Å²) in [4.78, 5) is 0. The Bertz CT molecular complexity index is 386. The van der Waals surface area contributed by atoms with Crippen LogP contribution in [0.3, 0.4) is 0 Å². The van der Waals surface area contributed by atoms with E-state index in [9.17, 15) is 5.11 Å². The topological polar surface area (TPSA) is 20.2 Å². The molecule has 0 amide bonds. The van der Waals surface area contributed by atoms with Crippen molar-refractivity contribution in [3.8, 4) is 5.75 Å². The molecule has 0 saturated carbocycles. The van der Waals surface area contributed by atoms with Gasteiger partial charge < -0.3 is 5.11 Å². The van der Waals surface area contributed by atoms with Crippen LogP contribution in [-0.4, -0.2) is 15.3 Å². The second-order valence-electron chi connectivity index (χ2n) is 3.03. The summed E-state index contributed by atoms with van der Waals surface area (Å²) in [7, 11) is 1.06. The molecular weight excluding hydrogens is 164 g/mol. The van der Waals surface area contributed by atoms with Crippen LogP contribution < -0.4 is 5.19 Å². The molecule has 2 rings (SSSR count). The SMILES string of the molecule is Oc1ccc2ccc([SiH3])cc2c1. The molecule has 0 spiro atoms. The van der Waals surface area contributed by atoms with E-state index in [1.54, 1.807) is 12.1 Å². The van der Waals surface area contributed by atoms with Gasteiger partial charge in [0.15, 0.2) is 0 Å². The number of aromatic hydroxyl groups is 1. The number of rotatable bonds is 0. The van der Waals surface area contributed by atoms with Crippen molar-refractivity contribution in [3.63, 3.8) is 0 Å².